The lowest BCUT2D eigenvalue weighted by Crippen LogP contribution is -2.14. The van der Waals surface area contributed by atoms with Gasteiger partial charge in [-0.25, -0.2) is 9.97 Å². The lowest BCUT2D eigenvalue weighted by Gasteiger charge is -2.22. The molecule has 0 unspecified atom stereocenters. The molecule has 1 aliphatic carbocycles. The first-order valence-corrected chi connectivity index (χ1v) is 15.1. The lowest BCUT2D eigenvalue weighted by atomic mass is 9.81. The van der Waals surface area contributed by atoms with Gasteiger partial charge in [-0.2, -0.15) is 0 Å². The summed E-state index contributed by atoms with van der Waals surface area (Å²) in [5.74, 6) is 0. The van der Waals surface area contributed by atoms with Crippen LogP contribution in [0.4, 0.5) is 0 Å². The van der Waals surface area contributed by atoms with E-state index in [4.69, 9.17) is 14.4 Å². The standard InChI is InChI=1S/C41H28N2O/c1-41(2)35-13-6-5-12-32(35)33-18-16-30(23-36(33)41)27-10-7-11-31(21-27)38-40-39(43-24-42-38)34-22-29(17-19-37(34)44-40)28-15-14-25-8-3-4-9-26(25)20-28/h3-24H,1-2H3. The summed E-state index contributed by atoms with van der Waals surface area (Å²) < 4.78 is 6.44. The molecule has 208 valence electrons. The Kier molecular flexibility index (Phi) is 5.24. The highest BCUT2D eigenvalue weighted by atomic mass is 16.3. The molecule has 2 heterocycles. The molecule has 0 radical (unpaired) electrons. The molecule has 8 aromatic rings. The smallest absolute Gasteiger partial charge is 0.180 e. The van der Waals surface area contributed by atoms with Crippen LogP contribution in [0.15, 0.2) is 138 Å². The first kappa shape index (κ1) is 25.0. The van der Waals surface area contributed by atoms with E-state index < -0.39 is 0 Å². The molecule has 0 saturated carbocycles. The molecule has 0 saturated heterocycles. The highest BCUT2D eigenvalue weighted by Crippen LogP contribution is 2.49. The second kappa shape index (κ2) is 9.23. The molecular formula is C41H28N2O. The molecular weight excluding hydrogens is 536 g/mol. The van der Waals surface area contributed by atoms with E-state index in [0.29, 0.717) is 5.58 Å². The number of furan rings is 1. The third kappa shape index (κ3) is 3.69. The van der Waals surface area contributed by atoms with Gasteiger partial charge in [-0.1, -0.05) is 111 Å². The predicted octanol–water partition coefficient (Wildman–Crippen LogP) is 10.8. The minimum atomic E-state index is -0.0433. The van der Waals surface area contributed by atoms with Crippen LogP contribution in [0.25, 0.3) is 77.5 Å². The number of rotatable bonds is 3. The molecule has 6 aromatic carbocycles. The van der Waals surface area contributed by atoms with Crippen LogP contribution in [0, 0.1) is 0 Å². The molecule has 2 aromatic heterocycles. The monoisotopic (exact) mass is 564 g/mol. The third-order valence-corrected chi connectivity index (χ3v) is 9.39. The Balaban J connectivity index is 1.13. The Hall–Kier alpha value is -5.54. The molecule has 3 nitrogen and oxygen atoms in total. The van der Waals surface area contributed by atoms with Crippen LogP contribution >= 0.6 is 0 Å². The molecule has 44 heavy (non-hydrogen) atoms. The van der Waals surface area contributed by atoms with Crippen molar-refractivity contribution in [2.45, 2.75) is 19.3 Å². The van der Waals surface area contributed by atoms with Crippen molar-refractivity contribution in [3.63, 3.8) is 0 Å². The van der Waals surface area contributed by atoms with Crippen molar-refractivity contribution in [2.24, 2.45) is 0 Å². The Morgan fingerprint density at radius 2 is 1.23 bits per heavy atom. The maximum Gasteiger partial charge on any atom is 0.180 e. The van der Waals surface area contributed by atoms with Gasteiger partial charge in [0, 0.05) is 16.4 Å². The normalized spacial score (nSPS) is 13.4. The van der Waals surface area contributed by atoms with Crippen LogP contribution in [-0.4, -0.2) is 9.97 Å². The van der Waals surface area contributed by atoms with Crippen molar-refractivity contribution in [3.8, 4) is 44.6 Å². The minimum absolute atomic E-state index is 0.0433. The average molecular weight is 565 g/mol. The van der Waals surface area contributed by atoms with E-state index >= 15 is 0 Å². The molecule has 1 aliphatic rings. The SMILES string of the molecule is CC1(C)c2ccccc2-c2ccc(-c3cccc(-c4ncnc5c4oc4ccc(-c6ccc7ccccc7c6)cc45)c3)cc21. The largest absolute Gasteiger partial charge is 0.452 e. The predicted molar refractivity (Wildman–Crippen MR) is 181 cm³/mol. The zero-order valence-electron chi connectivity index (χ0n) is 24.5. The van der Waals surface area contributed by atoms with Crippen LogP contribution in [-0.2, 0) is 5.41 Å². The number of fused-ring (bicyclic) bond motifs is 7. The molecule has 0 spiro atoms. The second-order valence-corrected chi connectivity index (χ2v) is 12.3. The number of nitrogens with zero attached hydrogens (tertiary/aromatic N) is 2. The van der Waals surface area contributed by atoms with Crippen LogP contribution in [0.1, 0.15) is 25.0 Å². The maximum absolute atomic E-state index is 6.44. The summed E-state index contributed by atoms with van der Waals surface area (Å²) >= 11 is 0. The van der Waals surface area contributed by atoms with Crippen molar-refractivity contribution < 1.29 is 4.42 Å². The summed E-state index contributed by atoms with van der Waals surface area (Å²) in [4.78, 5) is 9.42. The first-order chi connectivity index (χ1) is 21.5. The van der Waals surface area contributed by atoms with Gasteiger partial charge in [0.2, 0.25) is 0 Å². The van der Waals surface area contributed by atoms with Gasteiger partial charge in [0.25, 0.3) is 0 Å². The number of benzene rings is 6. The molecule has 0 atom stereocenters. The topological polar surface area (TPSA) is 38.9 Å². The minimum Gasteiger partial charge on any atom is -0.452 e. The van der Waals surface area contributed by atoms with Crippen LogP contribution in [0.5, 0.6) is 0 Å². The number of hydrogen-bond acceptors (Lipinski definition) is 3. The highest BCUT2D eigenvalue weighted by molar-refractivity contribution is 6.08. The average Bonchev–Trinajstić information content (AvgIpc) is 3.56. The Bertz CT molecular complexity index is 2430. The summed E-state index contributed by atoms with van der Waals surface area (Å²) in [5, 5.41) is 3.45. The Morgan fingerprint density at radius 3 is 2.16 bits per heavy atom. The number of hydrogen-bond donors (Lipinski definition) is 0. The second-order valence-electron chi connectivity index (χ2n) is 12.3. The Morgan fingerprint density at radius 1 is 0.523 bits per heavy atom. The van der Waals surface area contributed by atoms with Gasteiger partial charge in [-0.15, -0.1) is 0 Å². The van der Waals surface area contributed by atoms with Gasteiger partial charge in [-0.3, -0.25) is 0 Å². The zero-order chi connectivity index (χ0) is 29.4. The van der Waals surface area contributed by atoms with E-state index in [2.05, 4.69) is 135 Å². The van der Waals surface area contributed by atoms with Gasteiger partial charge < -0.3 is 4.42 Å². The van der Waals surface area contributed by atoms with Crippen molar-refractivity contribution in [1.82, 2.24) is 9.97 Å². The fourth-order valence-corrected chi connectivity index (χ4v) is 7.06. The van der Waals surface area contributed by atoms with Crippen molar-refractivity contribution >= 4 is 32.8 Å². The van der Waals surface area contributed by atoms with Crippen LogP contribution in [0.3, 0.4) is 0 Å². The van der Waals surface area contributed by atoms with Crippen molar-refractivity contribution in [2.75, 3.05) is 0 Å². The van der Waals surface area contributed by atoms with Gasteiger partial charge in [-0.05, 0) is 85.6 Å². The molecule has 9 rings (SSSR count). The van der Waals surface area contributed by atoms with Crippen LogP contribution in [0.2, 0.25) is 0 Å². The van der Waals surface area contributed by atoms with E-state index in [1.54, 1.807) is 6.33 Å². The van der Waals surface area contributed by atoms with Crippen LogP contribution < -0.4 is 0 Å². The zero-order valence-corrected chi connectivity index (χ0v) is 24.5. The molecule has 0 fully saturated rings. The van der Waals surface area contributed by atoms with Gasteiger partial charge in [0.05, 0.1) is 0 Å². The highest BCUT2D eigenvalue weighted by Gasteiger charge is 2.35. The first-order valence-electron chi connectivity index (χ1n) is 15.1. The van der Waals surface area contributed by atoms with E-state index in [1.165, 1.54) is 44.2 Å². The molecule has 0 aliphatic heterocycles. The van der Waals surface area contributed by atoms with E-state index in [1.807, 2.05) is 6.07 Å². The van der Waals surface area contributed by atoms with E-state index in [-0.39, 0.29) is 5.41 Å². The van der Waals surface area contributed by atoms with E-state index in [9.17, 15) is 0 Å². The van der Waals surface area contributed by atoms with Gasteiger partial charge in [0.15, 0.2) is 5.58 Å². The molecule has 0 N–H and O–H groups in total. The fourth-order valence-electron chi connectivity index (χ4n) is 7.06. The summed E-state index contributed by atoms with van der Waals surface area (Å²) in [6.07, 6.45) is 1.65. The number of aromatic nitrogens is 2. The molecule has 0 bridgehead atoms. The summed E-state index contributed by atoms with van der Waals surface area (Å²) in [5.41, 5.74) is 14.2. The van der Waals surface area contributed by atoms with Gasteiger partial charge in [0.1, 0.15) is 23.1 Å². The maximum atomic E-state index is 6.44. The van der Waals surface area contributed by atoms with Crippen molar-refractivity contribution in [3.05, 3.63) is 145 Å². The third-order valence-electron chi connectivity index (χ3n) is 9.39. The molecule has 3 heteroatoms. The molecule has 0 amide bonds. The summed E-state index contributed by atoms with van der Waals surface area (Å²) in [6.45, 7) is 4.64. The fraction of sp³-hybridized carbons (Fsp3) is 0.0732. The van der Waals surface area contributed by atoms with E-state index in [0.717, 1.165) is 38.9 Å². The lowest BCUT2D eigenvalue weighted by molar-refractivity contribution is 0.660. The summed E-state index contributed by atoms with van der Waals surface area (Å²) in [7, 11) is 0. The van der Waals surface area contributed by atoms with Gasteiger partial charge >= 0.3 is 0 Å². The van der Waals surface area contributed by atoms with Crippen molar-refractivity contribution in [1.29, 1.82) is 0 Å². The summed E-state index contributed by atoms with van der Waals surface area (Å²) in [6, 6.07) is 45.6. The quantitative estimate of drug-likeness (QED) is 0.214. The Labute approximate surface area is 255 Å².